The average molecular weight is 337 g/mol. The van der Waals surface area contributed by atoms with Crippen molar-refractivity contribution in [3.63, 3.8) is 0 Å². The van der Waals surface area contributed by atoms with E-state index in [-0.39, 0.29) is 11.7 Å². The van der Waals surface area contributed by atoms with Gasteiger partial charge in [0, 0.05) is 10.9 Å². The molecule has 1 atom stereocenters. The van der Waals surface area contributed by atoms with Crippen molar-refractivity contribution in [2.24, 2.45) is 0 Å². The Morgan fingerprint density at radius 3 is 2.83 bits per heavy atom. The molecule has 1 fully saturated rings. The number of hydrogen-bond donors (Lipinski definition) is 2. The molecule has 1 aliphatic heterocycles. The van der Waals surface area contributed by atoms with Gasteiger partial charge >= 0.3 is 0 Å². The Bertz CT molecular complexity index is 737. The van der Waals surface area contributed by atoms with Crippen LogP contribution in [-0.2, 0) is 4.79 Å². The number of fused-ring (bicyclic) bond motifs is 1. The van der Waals surface area contributed by atoms with Gasteiger partial charge in [-0.3, -0.25) is 4.79 Å². The summed E-state index contributed by atoms with van der Waals surface area (Å²) < 4.78 is 19.2. The second-order valence-corrected chi connectivity index (χ2v) is 7.30. The number of nitrogens with one attached hydrogen (secondary N) is 1. The predicted molar refractivity (Wildman–Crippen MR) is 89.0 cm³/mol. The van der Waals surface area contributed by atoms with Gasteiger partial charge in [-0.05, 0) is 56.4 Å². The number of thioether (sulfide) groups is 1. The Hall–Kier alpha value is -1.53. The fourth-order valence-corrected chi connectivity index (χ4v) is 4.13. The molecule has 1 amide bonds. The Labute approximate surface area is 138 Å². The number of benzene rings is 1. The van der Waals surface area contributed by atoms with Crippen molar-refractivity contribution in [2.75, 3.05) is 11.5 Å². The Balaban J connectivity index is 1.81. The van der Waals surface area contributed by atoms with Gasteiger partial charge in [0.1, 0.15) is 22.8 Å². The highest BCUT2D eigenvalue weighted by atomic mass is 32.2. The summed E-state index contributed by atoms with van der Waals surface area (Å²) in [6.45, 7) is 3.65. The molecule has 4 nitrogen and oxygen atoms in total. The quantitative estimate of drug-likeness (QED) is 0.902. The monoisotopic (exact) mass is 337 g/mol. The zero-order valence-corrected chi connectivity index (χ0v) is 14.0. The highest BCUT2D eigenvalue weighted by Gasteiger charge is 2.38. The van der Waals surface area contributed by atoms with Gasteiger partial charge < -0.3 is 14.8 Å². The van der Waals surface area contributed by atoms with Crippen LogP contribution in [0.4, 0.5) is 4.39 Å². The molecule has 23 heavy (non-hydrogen) atoms. The topological polar surface area (TPSA) is 62.5 Å². The van der Waals surface area contributed by atoms with E-state index >= 15 is 0 Å². The molecule has 0 saturated carbocycles. The van der Waals surface area contributed by atoms with Crippen molar-refractivity contribution in [3.8, 4) is 0 Å². The number of carbonyl (C=O) groups is 1. The Kier molecular flexibility index (Phi) is 4.38. The maximum absolute atomic E-state index is 13.4. The van der Waals surface area contributed by atoms with Crippen LogP contribution in [0.2, 0.25) is 0 Å². The van der Waals surface area contributed by atoms with Gasteiger partial charge in [-0.15, -0.1) is 0 Å². The molecule has 1 aliphatic rings. The summed E-state index contributed by atoms with van der Waals surface area (Å²) in [6.07, 6.45) is 0.918. The molecular weight excluding hydrogens is 317 g/mol. The minimum absolute atomic E-state index is 0.321. The molecule has 0 unspecified atom stereocenters. The van der Waals surface area contributed by atoms with Crippen molar-refractivity contribution in [2.45, 2.75) is 38.3 Å². The molecule has 0 radical (unpaired) electrons. The smallest absolute Gasteiger partial charge is 0.252 e. The third-order valence-electron chi connectivity index (χ3n) is 4.42. The van der Waals surface area contributed by atoms with Gasteiger partial charge in [-0.25, -0.2) is 4.39 Å². The highest BCUT2D eigenvalue weighted by Crippen LogP contribution is 2.31. The summed E-state index contributed by atoms with van der Waals surface area (Å²) >= 11 is 1.74. The minimum Gasteiger partial charge on any atom is -0.459 e. The Morgan fingerprint density at radius 1 is 1.43 bits per heavy atom. The lowest BCUT2D eigenvalue weighted by atomic mass is 9.95. The number of rotatable bonds is 3. The number of halogens is 1. The molecule has 3 rings (SSSR count). The maximum Gasteiger partial charge on any atom is 0.252 e. The number of hydrogen-bond acceptors (Lipinski definition) is 4. The van der Waals surface area contributed by atoms with E-state index < -0.39 is 11.6 Å². The molecule has 0 spiro atoms. The van der Waals surface area contributed by atoms with Crippen LogP contribution < -0.4 is 5.32 Å². The lowest BCUT2D eigenvalue weighted by Crippen LogP contribution is -2.49. The molecule has 2 N–H and O–H groups in total. The first-order valence-corrected chi connectivity index (χ1v) is 8.86. The van der Waals surface area contributed by atoms with Crippen LogP contribution in [0.3, 0.4) is 0 Å². The van der Waals surface area contributed by atoms with Crippen LogP contribution in [0.5, 0.6) is 0 Å². The van der Waals surface area contributed by atoms with E-state index in [1.54, 1.807) is 24.8 Å². The first-order chi connectivity index (χ1) is 10.9. The first kappa shape index (κ1) is 16.3. The van der Waals surface area contributed by atoms with Crippen molar-refractivity contribution < 1.29 is 18.7 Å². The molecule has 0 bridgehead atoms. The van der Waals surface area contributed by atoms with E-state index in [9.17, 15) is 14.3 Å². The Morgan fingerprint density at radius 2 is 2.13 bits per heavy atom. The van der Waals surface area contributed by atoms with E-state index in [1.165, 1.54) is 12.1 Å². The second-order valence-electron chi connectivity index (χ2n) is 6.07. The molecule has 6 heteroatoms. The first-order valence-electron chi connectivity index (χ1n) is 7.70. The number of amides is 1. The van der Waals surface area contributed by atoms with Gasteiger partial charge in [0.05, 0.1) is 6.04 Å². The van der Waals surface area contributed by atoms with Gasteiger partial charge in [-0.2, -0.15) is 11.8 Å². The molecule has 2 aromatic rings. The summed E-state index contributed by atoms with van der Waals surface area (Å²) in [5.41, 5.74) is 0.0946. The van der Waals surface area contributed by atoms with Crippen molar-refractivity contribution in [1.82, 2.24) is 5.32 Å². The van der Waals surface area contributed by atoms with E-state index in [0.717, 1.165) is 17.1 Å². The van der Waals surface area contributed by atoms with E-state index in [4.69, 9.17) is 4.42 Å². The number of aryl methyl sites for hydroxylation is 1. The lowest BCUT2D eigenvalue weighted by molar-refractivity contribution is -0.141. The van der Waals surface area contributed by atoms with Gasteiger partial charge in [0.15, 0.2) is 0 Å². The van der Waals surface area contributed by atoms with Crippen molar-refractivity contribution in [3.05, 3.63) is 35.3 Å². The van der Waals surface area contributed by atoms with Crippen LogP contribution >= 0.6 is 11.8 Å². The zero-order chi connectivity index (χ0) is 16.6. The standard InChI is InChI=1S/C17H20FNO3S/c1-10-13-9-12(18)3-4-14(13)22-15(10)11(2)19-16(20)17(21)5-7-23-8-6-17/h3-4,9,11,21H,5-8H2,1-2H3,(H,19,20)/t11-/m0/s1. The van der Waals surface area contributed by atoms with Gasteiger partial charge in [0.2, 0.25) is 0 Å². The van der Waals surface area contributed by atoms with E-state index in [1.807, 2.05) is 6.92 Å². The van der Waals surface area contributed by atoms with Crippen LogP contribution in [-0.4, -0.2) is 28.1 Å². The molecule has 124 valence electrons. The lowest BCUT2D eigenvalue weighted by Gasteiger charge is -2.31. The SMILES string of the molecule is Cc1c([C@H](C)NC(=O)C2(O)CCSCC2)oc2ccc(F)cc12. The number of aliphatic hydroxyl groups is 1. The van der Waals surface area contributed by atoms with Crippen LogP contribution in [0, 0.1) is 12.7 Å². The van der Waals surface area contributed by atoms with Crippen LogP contribution in [0.15, 0.2) is 22.6 Å². The molecule has 2 heterocycles. The molecular formula is C17H20FNO3S. The highest BCUT2D eigenvalue weighted by molar-refractivity contribution is 7.99. The summed E-state index contributed by atoms with van der Waals surface area (Å²) in [5, 5.41) is 14.0. The maximum atomic E-state index is 13.4. The molecule has 1 saturated heterocycles. The van der Waals surface area contributed by atoms with Crippen molar-refractivity contribution in [1.29, 1.82) is 0 Å². The van der Waals surface area contributed by atoms with Gasteiger partial charge in [-0.1, -0.05) is 0 Å². The van der Waals surface area contributed by atoms with E-state index in [0.29, 0.717) is 29.6 Å². The van der Waals surface area contributed by atoms with Crippen LogP contribution in [0.25, 0.3) is 11.0 Å². The number of furan rings is 1. The zero-order valence-electron chi connectivity index (χ0n) is 13.2. The fraction of sp³-hybridized carbons (Fsp3) is 0.471. The van der Waals surface area contributed by atoms with Crippen LogP contribution in [0.1, 0.15) is 37.1 Å². The summed E-state index contributed by atoms with van der Waals surface area (Å²) in [6, 6.07) is 3.97. The number of carbonyl (C=O) groups excluding carboxylic acids is 1. The largest absolute Gasteiger partial charge is 0.459 e. The average Bonchev–Trinajstić information content (AvgIpc) is 2.85. The van der Waals surface area contributed by atoms with E-state index in [2.05, 4.69) is 5.32 Å². The third kappa shape index (κ3) is 3.10. The summed E-state index contributed by atoms with van der Waals surface area (Å²) in [5.74, 6) is 1.46. The minimum atomic E-state index is -1.30. The summed E-state index contributed by atoms with van der Waals surface area (Å²) in [4.78, 5) is 12.4. The predicted octanol–water partition coefficient (Wildman–Crippen LogP) is 3.32. The normalized spacial score (nSPS) is 18.8. The van der Waals surface area contributed by atoms with Gasteiger partial charge in [0.25, 0.3) is 5.91 Å². The molecule has 1 aromatic heterocycles. The fourth-order valence-electron chi connectivity index (χ4n) is 2.96. The van der Waals surface area contributed by atoms with Crippen molar-refractivity contribution >= 4 is 28.6 Å². The molecule has 1 aromatic carbocycles. The molecule has 0 aliphatic carbocycles. The summed E-state index contributed by atoms with van der Waals surface area (Å²) in [7, 11) is 0. The third-order valence-corrected chi connectivity index (χ3v) is 5.40. The second kappa shape index (κ2) is 6.17.